The molecule has 0 spiro atoms. The van der Waals surface area contributed by atoms with Gasteiger partial charge in [0.2, 0.25) is 5.91 Å². The molecular weight excluding hydrogens is 306 g/mol. The minimum atomic E-state index is -0.159. The molecule has 1 N–H and O–H groups in total. The molecule has 0 fully saturated rings. The largest absolute Gasteiger partial charge is 0.497 e. The van der Waals surface area contributed by atoms with Gasteiger partial charge >= 0.3 is 0 Å². The lowest BCUT2D eigenvalue weighted by Crippen LogP contribution is -2.08. The number of nitrogens with one attached hydrogen (secondary N) is 1. The van der Waals surface area contributed by atoms with Crippen LogP contribution in [0.15, 0.2) is 30.3 Å². The van der Waals surface area contributed by atoms with Gasteiger partial charge in [-0.1, -0.05) is 0 Å². The van der Waals surface area contributed by atoms with Gasteiger partial charge in [-0.3, -0.25) is 9.59 Å². The highest BCUT2D eigenvalue weighted by atomic mass is 16.5. The van der Waals surface area contributed by atoms with E-state index in [1.807, 2.05) is 24.3 Å². The van der Waals surface area contributed by atoms with Crippen molar-refractivity contribution in [1.29, 1.82) is 0 Å². The molecule has 2 aromatic rings. The lowest BCUT2D eigenvalue weighted by molar-refractivity contribution is -0.114. The third-order valence-corrected chi connectivity index (χ3v) is 4.17. The lowest BCUT2D eigenvalue weighted by Gasteiger charge is -2.16. The van der Waals surface area contributed by atoms with E-state index in [9.17, 15) is 9.59 Å². The Bertz CT molecular complexity index is 826. The second-order valence-electron chi connectivity index (χ2n) is 5.73. The van der Waals surface area contributed by atoms with Gasteiger partial charge in [-0.25, -0.2) is 0 Å². The molecule has 0 atom stereocenters. The first-order chi connectivity index (χ1) is 11.5. The zero-order valence-corrected chi connectivity index (χ0v) is 13.9. The number of hydrogen-bond donors (Lipinski definition) is 1. The Morgan fingerprint density at radius 1 is 1.00 bits per heavy atom. The molecule has 0 bridgehead atoms. The van der Waals surface area contributed by atoms with Crippen molar-refractivity contribution in [3.63, 3.8) is 0 Å². The number of hydrogen-bond acceptors (Lipinski definition) is 4. The van der Waals surface area contributed by atoms with Crippen molar-refractivity contribution in [2.24, 2.45) is 0 Å². The lowest BCUT2D eigenvalue weighted by atomic mass is 9.97. The zero-order chi connectivity index (χ0) is 17.3. The van der Waals surface area contributed by atoms with Crippen LogP contribution in [0.3, 0.4) is 0 Å². The van der Waals surface area contributed by atoms with Crippen LogP contribution in [0.25, 0.3) is 11.1 Å². The van der Waals surface area contributed by atoms with E-state index in [0.717, 1.165) is 22.3 Å². The van der Waals surface area contributed by atoms with Gasteiger partial charge in [-0.2, -0.15) is 0 Å². The highest BCUT2D eigenvalue weighted by Gasteiger charge is 2.23. The van der Waals surface area contributed by atoms with Gasteiger partial charge in [0.25, 0.3) is 0 Å². The SMILES string of the molecule is COc1ccc(-c2cc3c(cc2NC(C)=O)CCC3=O)c(OC)c1. The number of aryl methyl sites for hydroxylation is 1. The summed E-state index contributed by atoms with van der Waals surface area (Å²) in [7, 11) is 3.17. The Kier molecular flexibility index (Phi) is 4.25. The molecule has 0 unspecified atom stereocenters. The molecule has 0 aliphatic heterocycles. The molecule has 0 saturated carbocycles. The maximum atomic E-state index is 12.1. The molecule has 0 saturated heterocycles. The molecule has 0 radical (unpaired) electrons. The summed E-state index contributed by atoms with van der Waals surface area (Å²) in [5, 5.41) is 2.86. The zero-order valence-electron chi connectivity index (χ0n) is 13.9. The molecule has 0 heterocycles. The normalized spacial score (nSPS) is 12.7. The van der Waals surface area contributed by atoms with Gasteiger partial charge in [-0.15, -0.1) is 0 Å². The van der Waals surface area contributed by atoms with Crippen molar-refractivity contribution in [2.75, 3.05) is 19.5 Å². The summed E-state index contributed by atoms with van der Waals surface area (Å²) < 4.78 is 10.7. The molecule has 1 amide bonds. The first kappa shape index (κ1) is 16.1. The quantitative estimate of drug-likeness (QED) is 0.935. The van der Waals surface area contributed by atoms with Crippen molar-refractivity contribution in [1.82, 2.24) is 0 Å². The molecular formula is C19H19NO4. The predicted octanol–water partition coefficient (Wildman–Crippen LogP) is 3.46. The van der Waals surface area contributed by atoms with E-state index < -0.39 is 0 Å². The first-order valence-corrected chi connectivity index (χ1v) is 7.73. The van der Waals surface area contributed by atoms with Crippen LogP contribution >= 0.6 is 0 Å². The number of methoxy groups -OCH3 is 2. The van der Waals surface area contributed by atoms with Crippen molar-refractivity contribution < 1.29 is 19.1 Å². The van der Waals surface area contributed by atoms with E-state index >= 15 is 0 Å². The highest BCUT2D eigenvalue weighted by Crippen LogP contribution is 2.40. The van der Waals surface area contributed by atoms with E-state index in [4.69, 9.17) is 9.47 Å². The van der Waals surface area contributed by atoms with Gasteiger partial charge < -0.3 is 14.8 Å². The first-order valence-electron chi connectivity index (χ1n) is 7.73. The van der Waals surface area contributed by atoms with Crippen LogP contribution < -0.4 is 14.8 Å². The topological polar surface area (TPSA) is 64.6 Å². The molecule has 5 heteroatoms. The number of fused-ring (bicyclic) bond motifs is 1. The minimum absolute atomic E-state index is 0.133. The number of anilines is 1. The predicted molar refractivity (Wildman–Crippen MR) is 91.9 cm³/mol. The van der Waals surface area contributed by atoms with Crippen molar-refractivity contribution >= 4 is 17.4 Å². The summed E-state index contributed by atoms with van der Waals surface area (Å²) in [6.07, 6.45) is 1.22. The fourth-order valence-corrected chi connectivity index (χ4v) is 3.03. The summed E-state index contributed by atoms with van der Waals surface area (Å²) >= 11 is 0. The Hall–Kier alpha value is -2.82. The molecule has 3 rings (SSSR count). The van der Waals surface area contributed by atoms with E-state index in [2.05, 4.69) is 5.32 Å². The van der Waals surface area contributed by atoms with E-state index in [1.54, 1.807) is 20.3 Å². The Labute approximate surface area is 140 Å². The van der Waals surface area contributed by atoms with Gasteiger partial charge in [0, 0.05) is 41.8 Å². The second-order valence-corrected chi connectivity index (χ2v) is 5.73. The molecule has 2 aromatic carbocycles. The van der Waals surface area contributed by atoms with Crippen LogP contribution in [-0.4, -0.2) is 25.9 Å². The molecule has 24 heavy (non-hydrogen) atoms. The van der Waals surface area contributed by atoms with Gasteiger partial charge in [0.15, 0.2) is 5.78 Å². The van der Waals surface area contributed by atoms with Crippen LogP contribution in [-0.2, 0) is 11.2 Å². The van der Waals surface area contributed by atoms with Gasteiger partial charge in [0.05, 0.1) is 14.2 Å². The summed E-state index contributed by atoms with van der Waals surface area (Å²) in [6.45, 7) is 1.47. The van der Waals surface area contributed by atoms with E-state index in [-0.39, 0.29) is 11.7 Å². The van der Waals surface area contributed by atoms with Crippen LogP contribution in [0, 0.1) is 0 Å². The Morgan fingerprint density at radius 3 is 2.46 bits per heavy atom. The highest BCUT2D eigenvalue weighted by molar-refractivity contribution is 6.04. The second kappa shape index (κ2) is 6.35. The number of ether oxygens (including phenoxy) is 2. The number of rotatable bonds is 4. The summed E-state index contributed by atoms with van der Waals surface area (Å²) in [5.74, 6) is 1.27. The minimum Gasteiger partial charge on any atom is -0.497 e. The molecule has 0 aromatic heterocycles. The summed E-state index contributed by atoms with van der Waals surface area (Å²) in [5.41, 5.74) is 3.93. The third-order valence-electron chi connectivity index (χ3n) is 4.17. The molecule has 5 nitrogen and oxygen atoms in total. The number of carbonyl (C=O) groups is 2. The van der Waals surface area contributed by atoms with Crippen molar-refractivity contribution in [3.8, 4) is 22.6 Å². The average Bonchev–Trinajstić information content (AvgIpc) is 2.93. The maximum Gasteiger partial charge on any atom is 0.221 e. The van der Waals surface area contributed by atoms with Crippen molar-refractivity contribution in [2.45, 2.75) is 19.8 Å². The summed E-state index contributed by atoms with van der Waals surface area (Å²) in [4.78, 5) is 23.7. The van der Waals surface area contributed by atoms with Crippen LogP contribution in [0.5, 0.6) is 11.5 Å². The van der Waals surface area contributed by atoms with Crippen LogP contribution in [0.1, 0.15) is 29.3 Å². The average molecular weight is 325 g/mol. The van der Waals surface area contributed by atoms with Gasteiger partial charge in [0.1, 0.15) is 11.5 Å². The Balaban J connectivity index is 2.20. The van der Waals surface area contributed by atoms with E-state index in [1.165, 1.54) is 6.92 Å². The monoisotopic (exact) mass is 325 g/mol. The fourth-order valence-electron chi connectivity index (χ4n) is 3.03. The smallest absolute Gasteiger partial charge is 0.221 e. The van der Waals surface area contributed by atoms with Crippen molar-refractivity contribution in [3.05, 3.63) is 41.5 Å². The molecule has 124 valence electrons. The van der Waals surface area contributed by atoms with Crippen LogP contribution in [0.2, 0.25) is 0 Å². The van der Waals surface area contributed by atoms with E-state index in [0.29, 0.717) is 30.0 Å². The number of amides is 1. The number of ketones is 1. The fraction of sp³-hybridized carbons (Fsp3) is 0.263. The maximum absolute atomic E-state index is 12.1. The van der Waals surface area contributed by atoms with Crippen LogP contribution in [0.4, 0.5) is 5.69 Å². The van der Waals surface area contributed by atoms with Gasteiger partial charge in [-0.05, 0) is 36.2 Å². The third kappa shape index (κ3) is 2.85. The Morgan fingerprint density at radius 2 is 1.79 bits per heavy atom. The number of Topliss-reactive ketones (excluding diaryl/α,β-unsaturated/α-hetero) is 1. The molecule has 1 aliphatic carbocycles. The number of carbonyl (C=O) groups excluding carboxylic acids is 2. The summed E-state index contributed by atoms with van der Waals surface area (Å²) in [6, 6.07) is 9.21. The standard InChI is InChI=1S/C19H19NO4/c1-11(21)20-17-8-12-4-7-18(22)15(12)10-16(17)14-6-5-13(23-2)9-19(14)24-3/h5-6,8-10H,4,7H2,1-3H3,(H,20,21). The number of benzene rings is 2. The molecule has 1 aliphatic rings.